The van der Waals surface area contributed by atoms with E-state index >= 15 is 0 Å². The second kappa shape index (κ2) is 5.48. The molecular weight excluding hydrogens is 252 g/mol. The van der Waals surface area contributed by atoms with E-state index in [1.54, 1.807) is 12.4 Å². The molecule has 1 aromatic heterocycles. The Balaban J connectivity index is 1.64. The van der Waals surface area contributed by atoms with Crippen LogP contribution in [-0.4, -0.2) is 46.5 Å². The van der Waals surface area contributed by atoms with Crippen molar-refractivity contribution in [1.29, 1.82) is 0 Å². The highest BCUT2D eigenvalue weighted by Gasteiger charge is 2.34. The first-order valence-corrected chi connectivity index (χ1v) is 7.48. The largest absolute Gasteiger partial charge is 0.348 e. The molecule has 0 aromatic carbocycles. The summed E-state index contributed by atoms with van der Waals surface area (Å²) in [6.07, 6.45) is 5.68. The van der Waals surface area contributed by atoms with Gasteiger partial charge < -0.3 is 10.2 Å². The van der Waals surface area contributed by atoms with Gasteiger partial charge in [-0.05, 0) is 31.8 Å². The van der Waals surface area contributed by atoms with Gasteiger partial charge in [0.2, 0.25) is 0 Å². The third-order valence-corrected chi connectivity index (χ3v) is 4.42. The summed E-state index contributed by atoms with van der Waals surface area (Å²) in [6.45, 7) is 7.44. The number of carbonyl (C=O) groups is 1. The van der Waals surface area contributed by atoms with Crippen molar-refractivity contribution in [3.63, 3.8) is 0 Å². The fourth-order valence-corrected chi connectivity index (χ4v) is 3.13. The van der Waals surface area contributed by atoms with Crippen LogP contribution in [0.4, 0.5) is 0 Å². The average molecular weight is 274 g/mol. The lowest BCUT2D eigenvalue weighted by atomic mass is 9.84. The molecule has 108 valence electrons. The van der Waals surface area contributed by atoms with E-state index in [0.717, 1.165) is 12.4 Å². The van der Waals surface area contributed by atoms with Crippen LogP contribution in [0.15, 0.2) is 12.4 Å². The van der Waals surface area contributed by atoms with Gasteiger partial charge in [-0.1, -0.05) is 13.8 Å². The standard InChI is InChI=1S/C15H22N4O/c1-10(2)14-16-7-12(8-17-14)15(20)18-13-9-19-5-3-11(13)4-6-19/h7-8,10-11,13H,3-6,9H2,1-2H3,(H,18,20). The van der Waals surface area contributed by atoms with Crippen LogP contribution in [0.2, 0.25) is 0 Å². The van der Waals surface area contributed by atoms with Gasteiger partial charge in [-0.15, -0.1) is 0 Å². The molecule has 20 heavy (non-hydrogen) atoms. The number of carbonyl (C=O) groups excluding carboxylic acids is 1. The lowest BCUT2D eigenvalue weighted by molar-refractivity contribution is 0.0620. The minimum Gasteiger partial charge on any atom is -0.348 e. The maximum absolute atomic E-state index is 12.3. The summed E-state index contributed by atoms with van der Waals surface area (Å²) < 4.78 is 0. The fraction of sp³-hybridized carbons (Fsp3) is 0.667. The molecule has 1 amide bonds. The second-order valence-electron chi connectivity index (χ2n) is 6.20. The Morgan fingerprint density at radius 1 is 1.30 bits per heavy atom. The quantitative estimate of drug-likeness (QED) is 0.905. The summed E-state index contributed by atoms with van der Waals surface area (Å²) in [6, 6.07) is 0.287. The summed E-state index contributed by atoms with van der Waals surface area (Å²) in [5.74, 6) is 1.66. The van der Waals surface area contributed by atoms with Crippen LogP contribution in [0.1, 0.15) is 48.8 Å². The van der Waals surface area contributed by atoms with E-state index in [1.165, 1.54) is 25.9 Å². The van der Waals surface area contributed by atoms with Gasteiger partial charge in [0.05, 0.1) is 5.56 Å². The third-order valence-electron chi connectivity index (χ3n) is 4.42. The monoisotopic (exact) mass is 274 g/mol. The van der Waals surface area contributed by atoms with Crippen molar-refractivity contribution in [2.45, 2.75) is 38.6 Å². The molecule has 3 aliphatic rings. The molecule has 0 saturated carbocycles. The maximum Gasteiger partial charge on any atom is 0.254 e. The Morgan fingerprint density at radius 2 is 1.95 bits per heavy atom. The maximum atomic E-state index is 12.3. The molecule has 5 nitrogen and oxygen atoms in total. The zero-order chi connectivity index (χ0) is 14.1. The Morgan fingerprint density at radius 3 is 2.45 bits per heavy atom. The van der Waals surface area contributed by atoms with Crippen LogP contribution in [0, 0.1) is 5.92 Å². The van der Waals surface area contributed by atoms with Crippen LogP contribution in [-0.2, 0) is 0 Å². The molecule has 4 heterocycles. The second-order valence-corrected chi connectivity index (χ2v) is 6.20. The van der Waals surface area contributed by atoms with Gasteiger partial charge in [0.1, 0.15) is 5.82 Å². The fourth-order valence-electron chi connectivity index (χ4n) is 3.13. The molecule has 1 aromatic rings. The van der Waals surface area contributed by atoms with Crippen molar-refractivity contribution in [3.8, 4) is 0 Å². The Kier molecular flexibility index (Phi) is 3.70. The van der Waals surface area contributed by atoms with Crippen molar-refractivity contribution in [1.82, 2.24) is 20.2 Å². The third kappa shape index (κ3) is 2.68. The first-order chi connectivity index (χ1) is 9.63. The SMILES string of the molecule is CC(C)c1ncc(C(=O)NC2CN3CCC2CC3)cn1. The van der Waals surface area contributed by atoms with E-state index in [-0.39, 0.29) is 17.9 Å². The van der Waals surface area contributed by atoms with Crippen molar-refractivity contribution < 1.29 is 4.79 Å². The molecule has 4 rings (SSSR count). The molecule has 0 aliphatic carbocycles. The molecule has 5 heteroatoms. The van der Waals surface area contributed by atoms with Crippen LogP contribution >= 0.6 is 0 Å². The Hall–Kier alpha value is -1.49. The zero-order valence-electron chi connectivity index (χ0n) is 12.2. The van der Waals surface area contributed by atoms with Crippen LogP contribution < -0.4 is 5.32 Å². The molecular formula is C15H22N4O. The number of fused-ring (bicyclic) bond motifs is 3. The number of hydrogen-bond donors (Lipinski definition) is 1. The molecule has 0 radical (unpaired) electrons. The predicted molar refractivity (Wildman–Crippen MR) is 76.5 cm³/mol. The van der Waals surface area contributed by atoms with E-state index in [9.17, 15) is 4.79 Å². The number of nitrogens with zero attached hydrogens (tertiary/aromatic N) is 3. The van der Waals surface area contributed by atoms with Crippen LogP contribution in [0.5, 0.6) is 0 Å². The van der Waals surface area contributed by atoms with Gasteiger partial charge in [0, 0.05) is 30.9 Å². The van der Waals surface area contributed by atoms with Gasteiger partial charge in [0.15, 0.2) is 0 Å². The first-order valence-electron chi connectivity index (χ1n) is 7.48. The predicted octanol–water partition coefficient (Wildman–Crippen LogP) is 1.42. The smallest absolute Gasteiger partial charge is 0.254 e. The average Bonchev–Trinajstić information content (AvgIpc) is 2.48. The minimum atomic E-state index is -0.0425. The highest BCUT2D eigenvalue weighted by atomic mass is 16.1. The van der Waals surface area contributed by atoms with E-state index in [4.69, 9.17) is 0 Å². The number of rotatable bonds is 3. The summed E-state index contributed by atoms with van der Waals surface area (Å²) in [5, 5.41) is 3.15. The van der Waals surface area contributed by atoms with E-state index in [0.29, 0.717) is 11.5 Å². The number of hydrogen-bond acceptors (Lipinski definition) is 4. The number of piperidine rings is 3. The highest BCUT2D eigenvalue weighted by molar-refractivity contribution is 5.93. The molecule has 0 spiro atoms. The molecule has 3 saturated heterocycles. The number of aromatic nitrogens is 2. The van der Waals surface area contributed by atoms with Gasteiger partial charge in [-0.3, -0.25) is 4.79 Å². The van der Waals surface area contributed by atoms with Gasteiger partial charge in [-0.25, -0.2) is 9.97 Å². The van der Waals surface area contributed by atoms with E-state index in [2.05, 4.69) is 20.2 Å². The molecule has 3 aliphatic heterocycles. The lowest BCUT2D eigenvalue weighted by Crippen LogP contribution is -2.57. The minimum absolute atomic E-state index is 0.0425. The highest BCUT2D eigenvalue weighted by Crippen LogP contribution is 2.27. The molecule has 1 N–H and O–H groups in total. The summed E-state index contributed by atoms with van der Waals surface area (Å²) >= 11 is 0. The summed E-state index contributed by atoms with van der Waals surface area (Å²) in [7, 11) is 0. The van der Waals surface area contributed by atoms with Gasteiger partial charge in [0.25, 0.3) is 5.91 Å². The van der Waals surface area contributed by atoms with E-state index in [1.807, 2.05) is 13.8 Å². The van der Waals surface area contributed by atoms with Crippen molar-refractivity contribution in [3.05, 3.63) is 23.8 Å². The van der Waals surface area contributed by atoms with Gasteiger partial charge in [-0.2, -0.15) is 0 Å². The van der Waals surface area contributed by atoms with E-state index < -0.39 is 0 Å². The van der Waals surface area contributed by atoms with Crippen molar-refractivity contribution in [2.24, 2.45) is 5.92 Å². The van der Waals surface area contributed by atoms with Gasteiger partial charge >= 0.3 is 0 Å². The Bertz CT molecular complexity index is 477. The van der Waals surface area contributed by atoms with Crippen molar-refractivity contribution in [2.75, 3.05) is 19.6 Å². The number of nitrogens with one attached hydrogen (secondary N) is 1. The van der Waals surface area contributed by atoms with Crippen LogP contribution in [0.3, 0.4) is 0 Å². The lowest BCUT2D eigenvalue weighted by Gasteiger charge is -2.44. The molecule has 3 fully saturated rings. The zero-order valence-corrected chi connectivity index (χ0v) is 12.2. The topological polar surface area (TPSA) is 58.1 Å². The van der Waals surface area contributed by atoms with Crippen molar-refractivity contribution >= 4 is 5.91 Å². The van der Waals surface area contributed by atoms with Crippen LogP contribution in [0.25, 0.3) is 0 Å². The number of amides is 1. The molecule has 2 bridgehead atoms. The summed E-state index contributed by atoms with van der Waals surface area (Å²) in [5.41, 5.74) is 0.561. The summed E-state index contributed by atoms with van der Waals surface area (Å²) in [4.78, 5) is 23.2. The molecule has 1 atom stereocenters. The first kappa shape index (κ1) is 13.5. The molecule has 1 unspecified atom stereocenters. The normalized spacial score (nSPS) is 28.6. The Labute approximate surface area is 119 Å².